The Labute approximate surface area is 154 Å². The highest BCUT2D eigenvalue weighted by molar-refractivity contribution is 7.99. The maximum atomic E-state index is 13.0. The number of hydrogen-bond donors (Lipinski definition) is 2. The summed E-state index contributed by atoms with van der Waals surface area (Å²) in [7, 11) is 0. The number of para-hydroxylation sites is 2. The van der Waals surface area contributed by atoms with Crippen molar-refractivity contribution in [2.45, 2.75) is 9.79 Å². The molecule has 0 radical (unpaired) electrons. The summed E-state index contributed by atoms with van der Waals surface area (Å²) in [6, 6.07) is 19.6. The average molecular weight is 369 g/mol. The molecule has 6 heteroatoms. The Balaban J connectivity index is 1.76. The molecule has 0 saturated carbocycles. The molecule has 1 aliphatic heterocycles. The Morgan fingerprint density at radius 2 is 1.56 bits per heavy atom. The second kappa shape index (κ2) is 6.35. The van der Waals surface area contributed by atoms with Crippen molar-refractivity contribution < 1.29 is 9.90 Å². The Kier molecular flexibility index (Phi) is 4.03. The molecule has 1 aliphatic rings. The van der Waals surface area contributed by atoms with Gasteiger partial charge in [-0.05, 0) is 42.5 Å². The molecule has 0 unspecified atom stereocenters. The summed E-state index contributed by atoms with van der Waals surface area (Å²) in [6.45, 7) is 0. The first-order valence-electron chi connectivity index (χ1n) is 7.59. The van der Waals surface area contributed by atoms with Gasteiger partial charge in [-0.15, -0.1) is 0 Å². The van der Waals surface area contributed by atoms with Crippen molar-refractivity contribution in [3.8, 4) is 5.75 Å². The van der Waals surface area contributed by atoms with Crippen molar-refractivity contribution in [3.63, 3.8) is 0 Å². The minimum atomic E-state index is -0.363. The fourth-order valence-electron chi connectivity index (χ4n) is 2.70. The number of hydrogen-bond acceptors (Lipinski definition) is 3. The van der Waals surface area contributed by atoms with Gasteiger partial charge in [0.25, 0.3) is 0 Å². The van der Waals surface area contributed by atoms with E-state index < -0.39 is 0 Å². The maximum absolute atomic E-state index is 13.0. The number of urea groups is 1. The third-order valence-corrected chi connectivity index (χ3v) is 5.20. The number of phenols is 1. The number of anilines is 3. The monoisotopic (exact) mass is 368 g/mol. The molecular weight excluding hydrogens is 356 g/mol. The molecule has 0 spiro atoms. The van der Waals surface area contributed by atoms with Crippen LogP contribution in [-0.2, 0) is 0 Å². The molecule has 0 atom stereocenters. The van der Waals surface area contributed by atoms with Crippen molar-refractivity contribution in [3.05, 3.63) is 71.8 Å². The van der Waals surface area contributed by atoms with E-state index in [2.05, 4.69) is 5.32 Å². The Hall–Kier alpha value is -2.63. The summed E-state index contributed by atoms with van der Waals surface area (Å²) in [5, 5.41) is 13.2. The van der Waals surface area contributed by atoms with E-state index in [0.717, 1.165) is 21.2 Å². The SMILES string of the molecule is O=C(Nc1cc(Cl)ccc1O)N1c2ccccc2Sc2ccccc21. The van der Waals surface area contributed by atoms with Crippen LogP contribution in [0.25, 0.3) is 0 Å². The lowest BCUT2D eigenvalue weighted by Crippen LogP contribution is -2.32. The van der Waals surface area contributed by atoms with Crippen LogP contribution in [0.4, 0.5) is 21.9 Å². The van der Waals surface area contributed by atoms with Crippen molar-refractivity contribution >= 4 is 46.5 Å². The number of nitrogens with zero attached hydrogens (tertiary/aromatic N) is 1. The van der Waals surface area contributed by atoms with E-state index in [1.165, 1.54) is 12.1 Å². The van der Waals surface area contributed by atoms with E-state index in [1.807, 2.05) is 48.5 Å². The number of fused-ring (bicyclic) bond motifs is 2. The van der Waals surface area contributed by atoms with Crippen LogP contribution in [0.2, 0.25) is 5.02 Å². The van der Waals surface area contributed by atoms with Crippen molar-refractivity contribution in [1.29, 1.82) is 0 Å². The number of carbonyl (C=O) groups excluding carboxylic acids is 1. The van der Waals surface area contributed by atoms with Crippen LogP contribution in [-0.4, -0.2) is 11.1 Å². The third-order valence-electron chi connectivity index (χ3n) is 3.84. The molecule has 4 rings (SSSR count). The van der Waals surface area contributed by atoms with E-state index in [4.69, 9.17) is 11.6 Å². The molecule has 3 aromatic rings. The first kappa shape index (κ1) is 15.9. The van der Waals surface area contributed by atoms with Gasteiger partial charge in [0, 0.05) is 14.8 Å². The molecule has 0 fully saturated rings. The largest absolute Gasteiger partial charge is 0.506 e. The molecular formula is C19H13ClN2O2S. The van der Waals surface area contributed by atoms with Gasteiger partial charge in [0.1, 0.15) is 5.75 Å². The van der Waals surface area contributed by atoms with Gasteiger partial charge in [-0.25, -0.2) is 4.79 Å². The highest BCUT2D eigenvalue weighted by atomic mass is 35.5. The lowest BCUT2D eigenvalue weighted by atomic mass is 10.2. The second-order valence-corrected chi connectivity index (χ2v) is 6.98. The first-order chi connectivity index (χ1) is 12.1. The summed E-state index contributed by atoms with van der Waals surface area (Å²) in [5.41, 5.74) is 1.86. The summed E-state index contributed by atoms with van der Waals surface area (Å²) in [4.78, 5) is 16.6. The Morgan fingerprint density at radius 1 is 0.960 bits per heavy atom. The minimum Gasteiger partial charge on any atom is -0.506 e. The predicted octanol–water partition coefficient (Wildman–Crippen LogP) is 5.88. The smallest absolute Gasteiger partial charge is 0.331 e. The van der Waals surface area contributed by atoms with Gasteiger partial charge < -0.3 is 10.4 Å². The topological polar surface area (TPSA) is 52.6 Å². The normalized spacial score (nSPS) is 12.3. The molecule has 2 N–H and O–H groups in total. The Bertz CT molecular complexity index is 932. The van der Waals surface area contributed by atoms with Crippen LogP contribution in [0.1, 0.15) is 0 Å². The van der Waals surface area contributed by atoms with Crippen LogP contribution in [0.3, 0.4) is 0 Å². The number of benzene rings is 3. The van der Waals surface area contributed by atoms with Crippen LogP contribution in [0.5, 0.6) is 5.75 Å². The zero-order valence-corrected chi connectivity index (χ0v) is 14.5. The van der Waals surface area contributed by atoms with Gasteiger partial charge in [0.15, 0.2) is 0 Å². The number of aromatic hydroxyl groups is 1. The standard InChI is InChI=1S/C19H13ClN2O2S/c20-12-9-10-16(23)13(11-12)21-19(24)22-14-5-1-3-7-17(14)25-18-8-4-2-6-15(18)22/h1-11,23H,(H,21,24). The Morgan fingerprint density at radius 3 is 2.20 bits per heavy atom. The lowest BCUT2D eigenvalue weighted by Gasteiger charge is -2.31. The average Bonchev–Trinajstić information content (AvgIpc) is 2.62. The van der Waals surface area contributed by atoms with Crippen LogP contribution in [0, 0.1) is 0 Å². The molecule has 3 aromatic carbocycles. The van der Waals surface area contributed by atoms with E-state index in [-0.39, 0.29) is 17.5 Å². The van der Waals surface area contributed by atoms with Crippen molar-refractivity contribution in [2.75, 3.05) is 10.2 Å². The predicted molar refractivity (Wildman–Crippen MR) is 101 cm³/mol. The molecule has 4 nitrogen and oxygen atoms in total. The zero-order chi connectivity index (χ0) is 17.4. The summed E-state index contributed by atoms with van der Waals surface area (Å²) in [5.74, 6) is -0.0364. The van der Waals surface area contributed by atoms with Gasteiger partial charge >= 0.3 is 6.03 Å². The van der Waals surface area contributed by atoms with Gasteiger partial charge in [-0.2, -0.15) is 0 Å². The third kappa shape index (κ3) is 2.92. The fraction of sp³-hybridized carbons (Fsp3) is 0. The molecule has 0 saturated heterocycles. The van der Waals surface area contributed by atoms with E-state index in [9.17, 15) is 9.90 Å². The van der Waals surface area contributed by atoms with Crippen LogP contribution in [0.15, 0.2) is 76.5 Å². The van der Waals surface area contributed by atoms with Crippen molar-refractivity contribution in [1.82, 2.24) is 0 Å². The number of nitrogens with one attached hydrogen (secondary N) is 1. The van der Waals surface area contributed by atoms with E-state index in [0.29, 0.717) is 5.02 Å². The number of phenolic OH excluding ortho intramolecular Hbond substituents is 1. The lowest BCUT2D eigenvalue weighted by molar-refractivity contribution is 0.258. The first-order valence-corrected chi connectivity index (χ1v) is 8.78. The number of amides is 2. The van der Waals surface area contributed by atoms with Gasteiger partial charge in [-0.1, -0.05) is 47.6 Å². The molecule has 1 heterocycles. The molecule has 0 aliphatic carbocycles. The molecule has 2 amide bonds. The molecule has 124 valence electrons. The highest BCUT2D eigenvalue weighted by Crippen LogP contribution is 2.48. The summed E-state index contributed by atoms with van der Waals surface area (Å²) >= 11 is 7.59. The highest BCUT2D eigenvalue weighted by Gasteiger charge is 2.28. The van der Waals surface area contributed by atoms with Gasteiger partial charge in [0.05, 0.1) is 17.1 Å². The summed E-state index contributed by atoms with van der Waals surface area (Å²) < 4.78 is 0. The second-order valence-electron chi connectivity index (χ2n) is 5.46. The molecule has 25 heavy (non-hydrogen) atoms. The minimum absolute atomic E-state index is 0.0364. The number of rotatable bonds is 1. The zero-order valence-electron chi connectivity index (χ0n) is 12.9. The molecule has 0 bridgehead atoms. The number of halogens is 1. The van der Waals surface area contributed by atoms with Crippen LogP contribution < -0.4 is 10.2 Å². The van der Waals surface area contributed by atoms with Crippen LogP contribution >= 0.6 is 23.4 Å². The summed E-state index contributed by atoms with van der Waals surface area (Å²) in [6.07, 6.45) is 0. The van der Waals surface area contributed by atoms with Gasteiger partial charge in [-0.3, -0.25) is 4.90 Å². The van der Waals surface area contributed by atoms with Gasteiger partial charge in [0.2, 0.25) is 0 Å². The fourth-order valence-corrected chi connectivity index (χ4v) is 3.93. The van der Waals surface area contributed by atoms with Crippen molar-refractivity contribution in [2.24, 2.45) is 0 Å². The van der Waals surface area contributed by atoms with E-state index in [1.54, 1.807) is 22.7 Å². The molecule has 0 aromatic heterocycles. The quantitative estimate of drug-likeness (QED) is 0.527. The maximum Gasteiger partial charge on any atom is 0.331 e. The van der Waals surface area contributed by atoms with E-state index >= 15 is 0 Å². The number of carbonyl (C=O) groups is 1.